The van der Waals surface area contributed by atoms with Crippen molar-refractivity contribution in [1.29, 1.82) is 5.41 Å². The largest absolute Gasteiger partial charge is 0.432 e. The highest BCUT2D eigenvalue weighted by molar-refractivity contribution is 7.99. The first kappa shape index (κ1) is 22.2. The lowest BCUT2D eigenvalue weighted by atomic mass is 10.0. The Bertz CT molecular complexity index is 760. The van der Waals surface area contributed by atoms with Gasteiger partial charge in [0.2, 0.25) is 0 Å². The van der Waals surface area contributed by atoms with Gasteiger partial charge in [-0.15, -0.1) is 0 Å². The van der Waals surface area contributed by atoms with Gasteiger partial charge in [-0.05, 0) is 54.5 Å². The lowest BCUT2D eigenvalue weighted by Crippen LogP contribution is -2.37. The van der Waals surface area contributed by atoms with E-state index in [1.165, 1.54) is 0 Å². The first-order valence-corrected chi connectivity index (χ1v) is 9.67. The smallest absolute Gasteiger partial charge is 0.394 e. The summed E-state index contributed by atoms with van der Waals surface area (Å²) in [5.74, 6) is -0.165. The summed E-state index contributed by atoms with van der Waals surface area (Å²) in [6.07, 6.45) is -3.18. The fraction of sp³-hybridized carbons (Fsp3) is 0.444. The maximum absolute atomic E-state index is 14.0. The number of carbonyl (C=O) groups excluding carboxylic acids is 1. The molecule has 0 aromatic heterocycles. The zero-order valence-electron chi connectivity index (χ0n) is 14.9. The monoisotopic (exact) mass is 421 g/mol. The minimum Gasteiger partial charge on any atom is -0.394 e. The zero-order chi connectivity index (χ0) is 20.9. The Hall–Kier alpha value is -2.10. The summed E-state index contributed by atoms with van der Waals surface area (Å²) in [7, 11) is 0. The van der Waals surface area contributed by atoms with E-state index in [4.69, 9.17) is 11.1 Å². The number of rotatable bonds is 7. The lowest BCUT2D eigenvalue weighted by Gasteiger charge is -2.25. The second-order valence-corrected chi connectivity index (χ2v) is 7.64. The van der Waals surface area contributed by atoms with Gasteiger partial charge < -0.3 is 10.6 Å². The van der Waals surface area contributed by atoms with Crippen molar-refractivity contribution in [3.8, 4) is 0 Å². The Morgan fingerprint density at radius 3 is 2.68 bits per heavy atom. The fourth-order valence-electron chi connectivity index (χ4n) is 2.75. The third-order valence-electron chi connectivity index (χ3n) is 4.34. The number of carbonyl (C=O) groups is 1. The average Bonchev–Trinajstić information content (AvgIpc) is 3.13. The SMILES string of the molecule is N=C(/C=C(\N)C(=O)N(CCC1CCSC1)Cc1cc(F)ccc1F)C(F)(F)F. The Balaban J connectivity index is 2.20. The number of thioether (sulfide) groups is 1. The van der Waals surface area contributed by atoms with Gasteiger partial charge in [0.25, 0.3) is 5.91 Å². The van der Waals surface area contributed by atoms with Crippen molar-refractivity contribution in [3.63, 3.8) is 0 Å². The van der Waals surface area contributed by atoms with Gasteiger partial charge in [-0.3, -0.25) is 10.2 Å². The van der Waals surface area contributed by atoms with Crippen molar-refractivity contribution >= 4 is 23.4 Å². The molecule has 1 amide bonds. The molecule has 1 atom stereocenters. The molecule has 10 heteroatoms. The number of amides is 1. The summed E-state index contributed by atoms with van der Waals surface area (Å²) < 4.78 is 65.0. The van der Waals surface area contributed by atoms with Crippen LogP contribution in [0.5, 0.6) is 0 Å². The molecule has 1 saturated heterocycles. The van der Waals surface area contributed by atoms with Crippen LogP contribution in [-0.2, 0) is 11.3 Å². The van der Waals surface area contributed by atoms with Crippen LogP contribution in [0.1, 0.15) is 18.4 Å². The summed E-state index contributed by atoms with van der Waals surface area (Å²) in [5.41, 5.74) is 2.83. The molecular formula is C18H20F5N3OS. The van der Waals surface area contributed by atoms with Gasteiger partial charge in [-0.25, -0.2) is 8.78 Å². The lowest BCUT2D eigenvalue weighted by molar-refractivity contribution is -0.128. The van der Waals surface area contributed by atoms with E-state index in [-0.39, 0.29) is 24.7 Å². The Morgan fingerprint density at radius 2 is 2.07 bits per heavy atom. The van der Waals surface area contributed by atoms with Crippen LogP contribution in [0.4, 0.5) is 22.0 Å². The average molecular weight is 421 g/mol. The van der Waals surface area contributed by atoms with Gasteiger partial charge >= 0.3 is 6.18 Å². The van der Waals surface area contributed by atoms with E-state index in [0.29, 0.717) is 12.3 Å². The minimum absolute atomic E-state index is 0.104. The molecule has 1 fully saturated rings. The minimum atomic E-state index is -4.94. The van der Waals surface area contributed by atoms with Crippen LogP contribution in [0.15, 0.2) is 30.0 Å². The van der Waals surface area contributed by atoms with E-state index in [2.05, 4.69) is 0 Å². The molecule has 2 rings (SSSR count). The number of allylic oxidation sites excluding steroid dienone is 1. The van der Waals surface area contributed by atoms with Crippen LogP contribution in [0, 0.1) is 23.0 Å². The normalized spacial score (nSPS) is 17.6. The number of nitrogens with two attached hydrogens (primary N) is 1. The van der Waals surface area contributed by atoms with Crippen LogP contribution in [-0.4, -0.2) is 40.7 Å². The first-order chi connectivity index (χ1) is 13.1. The zero-order valence-corrected chi connectivity index (χ0v) is 15.7. The molecule has 0 saturated carbocycles. The summed E-state index contributed by atoms with van der Waals surface area (Å²) in [5, 5.41) is 6.96. The predicted octanol–water partition coefficient (Wildman–Crippen LogP) is 3.86. The molecule has 0 radical (unpaired) electrons. The molecule has 154 valence electrons. The van der Waals surface area contributed by atoms with Crippen molar-refractivity contribution in [3.05, 3.63) is 47.2 Å². The van der Waals surface area contributed by atoms with Crippen molar-refractivity contribution in [1.82, 2.24) is 4.90 Å². The fourth-order valence-corrected chi connectivity index (χ4v) is 4.09. The molecule has 1 aliphatic heterocycles. The molecule has 0 aliphatic carbocycles. The van der Waals surface area contributed by atoms with Crippen molar-refractivity contribution in [2.24, 2.45) is 11.7 Å². The van der Waals surface area contributed by atoms with E-state index in [9.17, 15) is 26.7 Å². The van der Waals surface area contributed by atoms with Crippen LogP contribution in [0.2, 0.25) is 0 Å². The second kappa shape index (κ2) is 9.40. The van der Waals surface area contributed by atoms with E-state index in [1.54, 1.807) is 11.8 Å². The highest BCUT2D eigenvalue weighted by atomic mass is 32.2. The van der Waals surface area contributed by atoms with Gasteiger partial charge in [-0.1, -0.05) is 0 Å². The quantitative estimate of drug-likeness (QED) is 0.399. The number of nitrogens with zero attached hydrogens (tertiary/aromatic N) is 1. The summed E-state index contributed by atoms with van der Waals surface area (Å²) in [6, 6.07) is 2.78. The first-order valence-electron chi connectivity index (χ1n) is 8.51. The number of alkyl halides is 3. The molecule has 4 nitrogen and oxygen atoms in total. The van der Waals surface area contributed by atoms with E-state index >= 15 is 0 Å². The number of hydrogen-bond acceptors (Lipinski definition) is 4. The van der Waals surface area contributed by atoms with Crippen LogP contribution >= 0.6 is 11.8 Å². The van der Waals surface area contributed by atoms with Gasteiger partial charge in [-0.2, -0.15) is 24.9 Å². The standard InChI is InChI=1S/C18H20F5N3OS/c19-13-1-2-14(20)12(7-13)9-26(5-3-11-4-6-28-10-11)17(27)15(24)8-16(25)18(21,22)23/h1-2,7-8,11,25H,3-6,9-10,24H2/b15-8-,25-16?. The van der Waals surface area contributed by atoms with E-state index in [1.807, 2.05) is 0 Å². The molecule has 28 heavy (non-hydrogen) atoms. The maximum atomic E-state index is 14.0. The molecular weight excluding hydrogens is 401 g/mol. The van der Waals surface area contributed by atoms with Gasteiger partial charge in [0.05, 0.1) is 5.70 Å². The number of nitrogens with one attached hydrogen (secondary N) is 1. The van der Waals surface area contributed by atoms with E-state index in [0.717, 1.165) is 41.0 Å². The van der Waals surface area contributed by atoms with Crippen LogP contribution < -0.4 is 5.73 Å². The highest BCUT2D eigenvalue weighted by Crippen LogP contribution is 2.27. The summed E-state index contributed by atoms with van der Waals surface area (Å²) in [6.45, 7) is -0.204. The van der Waals surface area contributed by atoms with Crippen molar-refractivity contribution < 1.29 is 26.7 Å². The molecule has 1 aromatic carbocycles. The molecule has 1 aliphatic rings. The van der Waals surface area contributed by atoms with Gasteiger partial charge in [0, 0.05) is 18.7 Å². The number of halogens is 5. The van der Waals surface area contributed by atoms with Gasteiger partial charge in [0.15, 0.2) is 0 Å². The molecule has 3 N–H and O–H groups in total. The Kier molecular flexibility index (Phi) is 7.45. The molecule has 0 bridgehead atoms. The topological polar surface area (TPSA) is 70.2 Å². The van der Waals surface area contributed by atoms with E-state index < -0.39 is 35.1 Å². The molecule has 1 aromatic rings. The third-order valence-corrected chi connectivity index (χ3v) is 5.57. The number of benzene rings is 1. The predicted molar refractivity (Wildman–Crippen MR) is 97.9 cm³/mol. The van der Waals surface area contributed by atoms with Crippen molar-refractivity contribution in [2.75, 3.05) is 18.1 Å². The summed E-state index contributed by atoms with van der Waals surface area (Å²) in [4.78, 5) is 13.7. The molecule has 1 heterocycles. The van der Waals surface area contributed by atoms with Crippen molar-refractivity contribution in [2.45, 2.75) is 25.6 Å². The molecule has 1 unspecified atom stereocenters. The number of hydrogen-bond donors (Lipinski definition) is 2. The Labute approximate surface area is 163 Å². The maximum Gasteiger partial charge on any atom is 0.432 e. The second-order valence-electron chi connectivity index (χ2n) is 6.49. The molecule has 0 spiro atoms. The Morgan fingerprint density at radius 1 is 1.36 bits per heavy atom. The highest BCUT2D eigenvalue weighted by Gasteiger charge is 2.33. The van der Waals surface area contributed by atoms with Crippen LogP contribution in [0.25, 0.3) is 0 Å². The van der Waals surface area contributed by atoms with Crippen LogP contribution in [0.3, 0.4) is 0 Å². The third kappa shape index (κ3) is 6.22. The summed E-state index contributed by atoms with van der Waals surface area (Å²) >= 11 is 1.77. The van der Waals surface area contributed by atoms with Gasteiger partial charge in [0.1, 0.15) is 17.3 Å².